The van der Waals surface area contributed by atoms with Gasteiger partial charge >= 0.3 is 6.03 Å². The Morgan fingerprint density at radius 2 is 1.89 bits per heavy atom. The van der Waals surface area contributed by atoms with E-state index in [-0.39, 0.29) is 6.03 Å². The molecule has 1 N–H and O–H groups in total. The minimum Gasteiger partial charge on any atom is -0.497 e. The van der Waals surface area contributed by atoms with Gasteiger partial charge in [0.05, 0.1) is 7.11 Å². The van der Waals surface area contributed by atoms with Crippen molar-refractivity contribution in [2.45, 2.75) is 31.6 Å². The van der Waals surface area contributed by atoms with Crippen LogP contribution in [0.5, 0.6) is 5.75 Å². The highest BCUT2D eigenvalue weighted by Gasteiger charge is 2.22. The number of carbonyl (C=O) groups excluding carboxylic acids is 1. The number of benzene rings is 2. The predicted octanol–water partition coefficient (Wildman–Crippen LogP) is 4.87. The van der Waals surface area contributed by atoms with Gasteiger partial charge in [-0.3, -0.25) is 0 Å². The Kier molecular flexibility index (Phi) is 6.99. The average Bonchev–Trinajstić information content (AvgIpc) is 2.95. The molecular formula is C22H27ClN2O2. The predicted molar refractivity (Wildman–Crippen MR) is 110 cm³/mol. The smallest absolute Gasteiger partial charge is 0.317 e. The van der Waals surface area contributed by atoms with Gasteiger partial charge in [-0.2, -0.15) is 0 Å². The first kappa shape index (κ1) is 19.6. The summed E-state index contributed by atoms with van der Waals surface area (Å²) in [6.07, 6.45) is 4.11. The Labute approximate surface area is 166 Å². The molecule has 1 unspecified atom stereocenters. The van der Waals surface area contributed by atoms with Crippen LogP contribution in [0.2, 0.25) is 5.02 Å². The Bertz CT molecular complexity index is 731. The standard InChI is InChI=1S/C22H27ClN2O2/c1-27-21-11-5-17(6-12-21)13-14-24-22(26)25-15-3-2-4-19(16-25)18-7-9-20(23)10-8-18/h5-12,19H,2-4,13-16H2,1H3,(H,24,26). The van der Waals surface area contributed by atoms with Crippen LogP contribution in [-0.2, 0) is 6.42 Å². The van der Waals surface area contributed by atoms with Gasteiger partial charge in [-0.15, -0.1) is 0 Å². The molecular weight excluding hydrogens is 360 g/mol. The van der Waals surface area contributed by atoms with Gasteiger partial charge in [0.1, 0.15) is 5.75 Å². The van der Waals surface area contributed by atoms with Gasteiger partial charge in [-0.05, 0) is 54.7 Å². The van der Waals surface area contributed by atoms with Crippen LogP contribution in [0.25, 0.3) is 0 Å². The second-order valence-electron chi connectivity index (χ2n) is 7.02. The van der Waals surface area contributed by atoms with E-state index in [1.807, 2.05) is 41.3 Å². The van der Waals surface area contributed by atoms with Crippen molar-refractivity contribution < 1.29 is 9.53 Å². The first-order valence-electron chi connectivity index (χ1n) is 9.57. The molecule has 4 nitrogen and oxygen atoms in total. The van der Waals surface area contributed by atoms with Gasteiger partial charge in [0.2, 0.25) is 0 Å². The summed E-state index contributed by atoms with van der Waals surface area (Å²) in [7, 11) is 1.66. The lowest BCUT2D eigenvalue weighted by molar-refractivity contribution is 0.197. The topological polar surface area (TPSA) is 41.6 Å². The summed E-state index contributed by atoms with van der Waals surface area (Å²) < 4.78 is 5.17. The second kappa shape index (κ2) is 9.65. The van der Waals surface area contributed by atoms with E-state index in [4.69, 9.17) is 16.3 Å². The molecule has 5 heteroatoms. The maximum absolute atomic E-state index is 12.6. The van der Waals surface area contributed by atoms with Crippen molar-refractivity contribution in [2.75, 3.05) is 26.7 Å². The Morgan fingerprint density at radius 1 is 1.15 bits per heavy atom. The molecule has 1 aliphatic rings. The third kappa shape index (κ3) is 5.64. The number of hydrogen-bond donors (Lipinski definition) is 1. The molecule has 27 heavy (non-hydrogen) atoms. The molecule has 1 saturated heterocycles. The maximum atomic E-state index is 12.6. The molecule has 0 saturated carbocycles. The number of rotatable bonds is 5. The highest BCUT2D eigenvalue weighted by atomic mass is 35.5. The highest BCUT2D eigenvalue weighted by molar-refractivity contribution is 6.30. The number of nitrogens with one attached hydrogen (secondary N) is 1. The molecule has 2 aromatic rings. The van der Waals surface area contributed by atoms with E-state index in [1.54, 1.807) is 7.11 Å². The van der Waals surface area contributed by atoms with E-state index >= 15 is 0 Å². The monoisotopic (exact) mass is 386 g/mol. The number of nitrogens with zero attached hydrogens (tertiary/aromatic N) is 1. The molecule has 144 valence electrons. The van der Waals surface area contributed by atoms with Crippen molar-refractivity contribution in [3.63, 3.8) is 0 Å². The largest absolute Gasteiger partial charge is 0.497 e. The molecule has 0 aromatic heterocycles. The summed E-state index contributed by atoms with van der Waals surface area (Å²) in [5, 5.41) is 3.82. The van der Waals surface area contributed by atoms with Crippen LogP contribution in [0.4, 0.5) is 4.79 Å². The first-order chi connectivity index (χ1) is 13.2. The molecule has 1 heterocycles. The van der Waals surface area contributed by atoms with Crippen LogP contribution in [0.3, 0.4) is 0 Å². The van der Waals surface area contributed by atoms with E-state index in [2.05, 4.69) is 17.4 Å². The summed E-state index contributed by atoms with van der Waals surface area (Å²) in [4.78, 5) is 14.6. The van der Waals surface area contributed by atoms with Crippen LogP contribution in [0, 0.1) is 0 Å². The van der Waals surface area contributed by atoms with E-state index in [9.17, 15) is 4.79 Å². The van der Waals surface area contributed by atoms with Crippen molar-refractivity contribution >= 4 is 17.6 Å². The molecule has 0 bridgehead atoms. The molecule has 0 spiro atoms. The summed E-state index contributed by atoms with van der Waals surface area (Å²) in [5.41, 5.74) is 2.45. The molecule has 0 radical (unpaired) electrons. The third-order valence-corrected chi connectivity index (χ3v) is 5.40. The number of halogens is 1. The van der Waals surface area contributed by atoms with E-state index in [0.717, 1.165) is 49.5 Å². The minimum absolute atomic E-state index is 0.0318. The number of urea groups is 1. The Morgan fingerprint density at radius 3 is 2.59 bits per heavy atom. The summed E-state index contributed by atoms with van der Waals surface area (Å²) in [5.74, 6) is 1.22. The molecule has 2 amide bonds. The van der Waals surface area contributed by atoms with Crippen molar-refractivity contribution in [2.24, 2.45) is 0 Å². The van der Waals surface area contributed by atoms with Gasteiger partial charge in [-0.1, -0.05) is 42.3 Å². The fraction of sp³-hybridized carbons (Fsp3) is 0.409. The SMILES string of the molecule is COc1ccc(CCNC(=O)N2CCCCC(c3ccc(Cl)cc3)C2)cc1. The van der Waals surface area contributed by atoms with Gasteiger partial charge in [0, 0.05) is 30.6 Å². The molecule has 2 aromatic carbocycles. The summed E-state index contributed by atoms with van der Waals surface area (Å²) in [6.45, 7) is 2.21. The van der Waals surface area contributed by atoms with E-state index in [1.165, 1.54) is 11.1 Å². The molecule has 1 fully saturated rings. The second-order valence-corrected chi connectivity index (χ2v) is 7.46. The number of ether oxygens (including phenoxy) is 1. The molecule has 0 aliphatic carbocycles. The number of methoxy groups -OCH3 is 1. The zero-order valence-corrected chi connectivity index (χ0v) is 16.5. The molecule has 1 aliphatic heterocycles. The van der Waals surface area contributed by atoms with Gasteiger partial charge in [-0.25, -0.2) is 4.79 Å². The Balaban J connectivity index is 1.52. The van der Waals surface area contributed by atoms with Crippen molar-refractivity contribution in [3.8, 4) is 5.75 Å². The third-order valence-electron chi connectivity index (χ3n) is 5.15. The quantitative estimate of drug-likeness (QED) is 0.796. The van der Waals surface area contributed by atoms with Crippen molar-refractivity contribution in [1.82, 2.24) is 10.2 Å². The van der Waals surface area contributed by atoms with E-state index in [0.29, 0.717) is 12.5 Å². The number of likely N-dealkylation sites (tertiary alicyclic amines) is 1. The normalized spacial score (nSPS) is 17.3. The number of hydrogen-bond acceptors (Lipinski definition) is 2. The van der Waals surface area contributed by atoms with Crippen LogP contribution >= 0.6 is 11.6 Å². The lowest BCUT2D eigenvalue weighted by atomic mass is 9.94. The summed E-state index contributed by atoms with van der Waals surface area (Å²) in [6, 6.07) is 16.0. The lowest BCUT2D eigenvalue weighted by Crippen LogP contribution is -2.42. The fourth-order valence-electron chi connectivity index (χ4n) is 3.55. The van der Waals surface area contributed by atoms with Crippen LogP contribution in [0.1, 0.15) is 36.3 Å². The lowest BCUT2D eigenvalue weighted by Gasteiger charge is -2.25. The van der Waals surface area contributed by atoms with Crippen molar-refractivity contribution in [1.29, 1.82) is 0 Å². The molecule has 3 rings (SSSR count). The van der Waals surface area contributed by atoms with Gasteiger partial charge < -0.3 is 15.0 Å². The van der Waals surface area contributed by atoms with Gasteiger partial charge in [0.25, 0.3) is 0 Å². The Hall–Kier alpha value is -2.20. The first-order valence-corrected chi connectivity index (χ1v) is 9.94. The average molecular weight is 387 g/mol. The zero-order valence-electron chi connectivity index (χ0n) is 15.8. The molecule has 1 atom stereocenters. The fourth-order valence-corrected chi connectivity index (χ4v) is 3.68. The van der Waals surface area contributed by atoms with E-state index < -0.39 is 0 Å². The van der Waals surface area contributed by atoms with Crippen LogP contribution in [-0.4, -0.2) is 37.7 Å². The van der Waals surface area contributed by atoms with Gasteiger partial charge in [0.15, 0.2) is 0 Å². The number of carbonyl (C=O) groups is 1. The van der Waals surface area contributed by atoms with Crippen LogP contribution in [0.15, 0.2) is 48.5 Å². The zero-order chi connectivity index (χ0) is 19.1. The minimum atomic E-state index is 0.0318. The van der Waals surface area contributed by atoms with Crippen molar-refractivity contribution in [3.05, 3.63) is 64.7 Å². The number of amides is 2. The summed E-state index contributed by atoms with van der Waals surface area (Å²) >= 11 is 6.01. The van der Waals surface area contributed by atoms with Crippen LogP contribution < -0.4 is 10.1 Å². The maximum Gasteiger partial charge on any atom is 0.317 e. The highest BCUT2D eigenvalue weighted by Crippen LogP contribution is 2.27.